The summed E-state index contributed by atoms with van der Waals surface area (Å²) in [6, 6.07) is 7.96. The minimum Gasteiger partial charge on any atom is -0.494 e. The fourth-order valence-corrected chi connectivity index (χ4v) is 2.27. The summed E-state index contributed by atoms with van der Waals surface area (Å²) < 4.78 is 5.51. The summed E-state index contributed by atoms with van der Waals surface area (Å²) in [6.45, 7) is 7.29. The number of nitrogens with one attached hydrogen (secondary N) is 3. The van der Waals surface area contributed by atoms with E-state index in [0.29, 0.717) is 26.2 Å². The Bertz CT molecular complexity index is 562. The van der Waals surface area contributed by atoms with Gasteiger partial charge in [0.1, 0.15) is 5.75 Å². The molecule has 0 spiro atoms. The van der Waals surface area contributed by atoms with Crippen molar-refractivity contribution in [3.63, 3.8) is 0 Å². The molecule has 1 aromatic carbocycles. The van der Waals surface area contributed by atoms with Crippen LogP contribution in [0.15, 0.2) is 29.3 Å². The third kappa shape index (κ3) is 8.42. The van der Waals surface area contributed by atoms with Gasteiger partial charge in [-0.25, -0.2) is 4.99 Å². The quantitative estimate of drug-likeness (QED) is 0.229. The van der Waals surface area contributed by atoms with E-state index in [2.05, 4.69) is 20.9 Å². The molecular weight excluding hydrogens is 431 g/mol. The van der Waals surface area contributed by atoms with Gasteiger partial charge in [0.05, 0.1) is 13.2 Å². The van der Waals surface area contributed by atoms with Gasteiger partial charge in [0.25, 0.3) is 0 Å². The summed E-state index contributed by atoms with van der Waals surface area (Å²) >= 11 is 0. The second kappa shape index (κ2) is 11.9. The van der Waals surface area contributed by atoms with Crippen LogP contribution in [-0.4, -0.2) is 38.1 Å². The topological polar surface area (TPSA) is 74.8 Å². The van der Waals surface area contributed by atoms with Gasteiger partial charge in [-0.3, -0.25) is 4.79 Å². The SMILES string of the molecule is CCNC(=NCc1cccc(OCC)c1)NCCNC(=O)C1CC1.I. The summed E-state index contributed by atoms with van der Waals surface area (Å²) in [4.78, 5) is 16.2. The van der Waals surface area contributed by atoms with Crippen molar-refractivity contribution >= 4 is 35.8 Å². The molecular formula is C18H29IN4O2. The van der Waals surface area contributed by atoms with Crippen molar-refractivity contribution in [1.82, 2.24) is 16.0 Å². The summed E-state index contributed by atoms with van der Waals surface area (Å²) in [6.07, 6.45) is 2.06. The monoisotopic (exact) mass is 460 g/mol. The molecule has 0 saturated heterocycles. The molecule has 1 aliphatic rings. The summed E-state index contributed by atoms with van der Waals surface area (Å²) in [5.41, 5.74) is 1.10. The zero-order chi connectivity index (χ0) is 17.2. The van der Waals surface area contributed by atoms with Crippen molar-refractivity contribution in [3.05, 3.63) is 29.8 Å². The van der Waals surface area contributed by atoms with Crippen LogP contribution in [0.25, 0.3) is 0 Å². The average molecular weight is 460 g/mol. The minimum absolute atomic E-state index is 0. The predicted molar refractivity (Wildman–Crippen MR) is 112 cm³/mol. The van der Waals surface area contributed by atoms with Crippen LogP contribution in [0.4, 0.5) is 0 Å². The lowest BCUT2D eigenvalue weighted by atomic mass is 10.2. The van der Waals surface area contributed by atoms with E-state index >= 15 is 0 Å². The van der Waals surface area contributed by atoms with Gasteiger partial charge in [0.2, 0.25) is 5.91 Å². The Kier molecular flexibility index (Phi) is 10.3. The molecule has 0 bridgehead atoms. The van der Waals surface area contributed by atoms with E-state index in [1.807, 2.05) is 38.1 Å². The van der Waals surface area contributed by atoms with Crippen LogP contribution in [0.5, 0.6) is 5.75 Å². The van der Waals surface area contributed by atoms with Crippen LogP contribution in [0.1, 0.15) is 32.3 Å². The van der Waals surface area contributed by atoms with E-state index < -0.39 is 0 Å². The third-order valence-corrected chi connectivity index (χ3v) is 3.64. The van der Waals surface area contributed by atoms with Crippen molar-refractivity contribution in [2.24, 2.45) is 10.9 Å². The fraction of sp³-hybridized carbons (Fsp3) is 0.556. The molecule has 1 aliphatic carbocycles. The standard InChI is InChI=1S/C18H28N4O2.HI/c1-3-19-18(21-11-10-20-17(23)15-8-9-15)22-13-14-6-5-7-16(12-14)24-4-2;/h5-7,12,15H,3-4,8-11,13H2,1-2H3,(H,20,23)(H2,19,21,22);1H. The first-order valence-electron chi connectivity index (χ1n) is 8.74. The number of benzene rings is 1. The molecule has 0 heterocycles. The van der Waals surface area contributed by atoms with Gasteiger partial charge in [-0.2, -0.15) is 0 Å². The lowest BCUT2D eigenvalue weighted by Crippen LogP contribution is -2.41. The Hall–Kier alpha value is -1.51. The van der Waals surface area contributed by atoms with E-state index in [1.54, 1.807) is 0 Å². The van der Waals surface area contributed by atoms with Gasteiger partial charge in [0.15, 0.2) is 5.96 Å². The maximum atomic E-state index is 11.6. The zero-order valence-corrected chi connectivity index (χ0v) is 17.3. The van der Waals surface area contributed by atoms with Gasteiger partial charge in [-0.05, 0) is 44.4 Å². The van der Waals surface area contributed by atoms with E-state index in [1.165, 1.54) is 0 Å². The highest BCUT2D eigenvalue weighted by Crippen LogP contribution is 2.28. The lowest BCUT2D eigenvalue weighted by Gasteiger charge is -2.12. The van der Waals surface area contributed by atoms with Crippen molar-refractivity contribution in [2.75, 3.05) is 26.2 Å². The van der Waals surface area contributed by atoms with Gasteiger partial charge in [-0.15, -0.1) is 24.0 Å². The Morgan fingerprint density at radius 2 is 1.96 bits per heavy atom. The first-order valence-corrected chi connectivity index (χ1v) is 8.74. The molecule has 1 aromatic rings. The number of rotatable bonds is 9. The number of hydrogen-bond donors (Lipinski definition) is 3. The van der Waals surface area contributed by atoms with E-state index in [0.717, 1.165) is 36.7 Å². The van der Waals surface area contributed by atoms with Crippen molar-refractivity contribution in [3.8, 4) is 5.75 Å². The van der Waals surface area contributed by atoms with E-state index in [9.17, 15) is 4.79 Å². The molecule has 1 fully saturated rings. The Morgan fingerprint density at radius 3 is 2.64 bits per heavy atom. The Morgan fingerprint density at radius 1 is 1.20 bits per heavy atom. The lowest BCUT2D eigenvalue weighted by molar-refractivity contribution is -0.122. The van der Waals surface area contributed by atoms with Crippen LogP contribution in [0.3, 0.4) is 0 Å². The fourth-order valence-electron chi connectivity index (χ4n) is 2.27. The third-order valence-electron chi connectivity index (χ3n) is 3.64. The van der Waals surface area contributed by atoms with Gasteiger partial charge >= 0.3 is 0 Å². The number of carbonyl (C=O) groups excluding carboxylic acids is 1. The maximum Gasteiger partial charge on any atom is 0.223 e. The number of halogens is 1. The highest BCUT2D eigenvalue weighted by Gasteiger charge is 2.28. The van der Waals surface area contributed by atoms with Crippen LogP contribution in [0, 0.1) is 5.92 Å². The molecule has 0 aliphatic heterocycles. The summed E-state index contributed by atoms with van der Waals surface area (Å²) in [5, 5.41) is 9.39. The smallest absolute Gasteiger partial charge is 0.223 e. The number of guanidine groups is 1. The number of amides is 1. The van der Waals surface area contributed by atoms with Gasteiger partial charge < -0.3 is 20.7 Å². The predicted octanol–water partition coefficient (Wildman–Crippen LogP) is 2.28. The molecule has 0 atom stereocenters. The first-order chi connectivity index (χ1) is 11.7. The largest absolute Gasteiger partial charge is 0.494 e. The van der Waals surface area contributed by atoms with Crippen LogP contribution >= 0.6 is 24.0 Å². The number of nitrogens with zero attached hydrogens (tertiary/aromatic N) is 1. The van der Waals surface area contributed by atoms with Crippen LogP contribution in [-0.2, 0) is 11.3 Å². The molecule has 1 saturated carbocycles. The van der Waals surface area contributed by atoms with E-state index in [-0.39, 0.29) is 35.8 Å². The van der Waals surface area contributed by atoms with Crippen molar-refractivity contribution < 1.29 is 9.53 Å². The Balaban J connectivity index is 0.00000312. The second-order valence-corrected chi connectivity index (χ2v) is 5.77. The molecule has 1 amide bonds. The van der Waals surface area contributed by atoms with Gasteiger partial charge in [0, 0.05) is 25.6 Å². The molecule has 0 radical (unpaired) electrons. The normalized spacial score (nSPS) is 13.6. The average Bonchev–Trinajstić information content (AvgIpc) is 3.42. The highest BCUT2D eigenvalue weighted by atomic mass is 127. The molecule has 6 nitrogen and oxygen atoms in total. The minimum atomic E-state index is 0. The molecule has 140 valence electrons. The number of aliphatic imine (C=N–C) groups is 1. The van der Waals surface area contributed by atoms with Crippen molar-refractivity contribution in [2.45, 2.75) is 33.2 Å². The first kappa shape index (κ1) is 21.5. The molecule has 25 heavy (non-hydrogen) atoms. The summed E-state index contributed by atoms with van der Waals surface area (Å²) in [5.74, 6) is 2.04. The zero-order valence-electron chi connectivity index (χ0n) is 15.0. The molecule has 0 unspecified atom stereocenters. The molecule has 3 N–H and O–H groups in total. The summed E-state index contributed by atoms with van der Waals surface area (Å²) in [7, 11) is 0. The highest BCUT2D eigenvalue weighted by molar-refractivity contribution is 14.0. The van der Waals surface area contributed by atoms with Gasteiger partial charge in [-0.1, -0.05) is 12.1 Å². The van der Waals surface area contributed by atoms with Crippen molar-refractivity contribution in [1.29, 1.82) is 0 Å². The molecule has 2 rings (SSSR count). The molecule has 7 heteroatoms. The second-order valence-electron chi connectivity index (χ2n) is 5.77. The maximum absolute atomic E-state index is 11.6. The number of ether oxygens (including phenoxy) is 1. The van der Waals surface area contributed by atoms with Crippen LogP contribution in [0.2, 0.25) is 0 Å². The number of hydrogen-bond acceptors (Lipinski definition) is 3. The Labute approximate surface area is 167 Å². The van der Waals surface area contributed by atoms with E-state index in [4.69, 9.17) is 4.74 Å². The van der Waals surface area contributed by atoms with Crippen LogP contribution < -0.4 is 20.7 Å². The molecule has 0 aromatic heterocycles. The number of carbonyl (C=O) groups is 1.